The lowest BCUT2D eigenvalue weighted by Gasteiger charge is -2.12. The van der Waals surface area contributed by atoms with Gasteiger partial charge in [0.05, 0.1) is 35.3 Å². The predicted octanol–water partition coefficient (Wildman–Crippen LogP) is 4.38. The maximum Gasteiger partial charge on any atom is 0.337 e. The number of hydrogen-bond acceptors (Lipinski definition) is 8. The van der Waals surface area contributed by atoms with Gasteiger partial charge in [-0.3, -0.25) is 9.52 Å². The van der Waals surface area contributed by atoms with Gasteiger partial charge in [0.15, 0.2) is 6.61 Å². The Morgan fingerprint density at radius 2 is 1.41 bits per heavy atom. The van der Waals surface area contributed by atoms with Crippen LogP contribution in [0.2, 0.25) is 10.0 Å². The average Bonchev–Trinajstić information content (AvgIpc) is 2.87. The minimum atomic E-state index is -3.95. The van der Waals surface area contributed by atoms with Gasteiger partial charge in [-0.25, -0.2) is 18.0 Å². The van der Waals surface area contributed by atoms with E-state index in [1.165, 1.54) is 74.9 Å². The summed E-state index contributed by atoms with van der Waals surface area (Å²) in [5.41, 5.74) is 0.476. The van der Waals surface area contributed by atoms with Gasteiger partial charge >= 0.3 is 11.9 Å². The minimum absolute atomic E-state index is 0.0219. The van der Waals surface area contributed by atoms with Gasteiger partial charge in [0.1, 0.15) is 5.75 Å². The number of ether oxygens (including phenoxy) is 3. The summed E-state index contributed by atoms with van der Waals surface area (Å²) < 4.78 is 42.4. The van der Waals surface area contributed by atoms with E-state index in [1.54, 1.807) is 0 Å². The summed E-state index contributed by atoms with van der Waals surface area (Å²) in [5, 5.41) is 2.91. The molecule has 0 fully saturated rings. The molecular formula is C24H20Cl2N2O8S. The van der Waals surface area contributed by atoms with Crippen LogP contribution in [-0.2, 0) is 24.3 Å². The molecular weight excluding hydrogens is 547 g/mol. The smallest absolute Gasteiger partial charge is 0.337 e. The molecule has 0 aliphatic rings. The van der Waals surface area contributed by atoms with Crippen LogP contribution in [0.5, 0.6) is 5.75 Å². The molecule has 3 aromatic rings. The molecule has 0 aromatic heterocycles. The second-order valence-corrected chi connectivity index (χ2v) is 9.85. The first-order valence-corrected chi connectivity index (χ1v) is 12.6. The highest BCUT2D eigenvalue weighted by molar-refractivity contribution is 7.92. The fourth-order valence-corrected chi connectivity index (χ4v) is 4.52. The number of hydrogen-bond donors (Lipinski definition) is 2. The number of methoxy groups -OCH3 is 2. The first kappa shape index (κ1) is 27.8. The molecule has 10 nitrogen and oxygen atoms in total. The van der Waals surface area contributed by atoms with E-state index in [9.17, 15) is 22.8 Å². The van der Waals surface area contributed by atoms with Crippen molar-refractivity contribution >= 4 is 62.4 Å². The molecule has 0 heterocycles. The summed E-state index contributed by atoms with van der Waals surface area (Å²) in [6.45, 7) is -0.509. The molecule has 0 aliphatic heterocycles. The van der Waals surface area contributed by atoms with E-state index in [0.717, 1.165) is 0 Å². The van der Waals surface area contributed by atoms with Gasteiger partial charge in [0.2, 0.25) is 0 Å². The predicted molar refractivity (Wildman–Crippen MR) is 137 cm³/mol. The van der Waals surface area contributed by atoms with E-state index in [-0.39, 0.29) is 32.5 Å². The first-order chi connectivity index (χ1) is 17.5. The van der Waals surface area contributed by atoms with Crippen LogP contribution in [0.25, 0.3) is 0 Å². The molecule has 2 N–H and O–H groups in total. The van der Waals surface area contributed by atoms with Gasteiger partial charge in [0.25, 0.3) is 15.9 Å². The Balaban J connectivity index is 1.68. The van der Waals surface area contributed by atoms with Crippen molar-refractivity contribution in [3.05, 3.63) is 81.8 Å². The molecule has 3 aromatic carbocycles. The topological polar surface area (TPSA) is 137 Å². The number of esters is 2. The van der Waals surface area contributed by atoms with Crippen LogP contribution in [0.1, 0.15) is 20.7 Å². The van der Waals surface area contributed by atoms with Crippen molar-refractivity contribution in [3.8, 4) is 5.75 Å². The number of amides is 1. The number of carbonyl (C=O) groups excluding carboxylic acids is 3. The summed E-state index contributed by atoms with van der Waals surface area (Å²) >= 11 is 12.0. The summed E-state index contributed by atoms with van der Waals surface area (Å²) in [6, 6.07) is 13.7. The van der Waals surface area contributed by atoms with Crippen molar-refractivity contribution in [2.24, 2.45) is 0 Å². The number of carbonyl (C=O) groups is 3. The zero-order chi connectivity index (χ0) is 27.2. The molecule has 0 radical (unpaired) electrons. The van der Waals surface area contributed by atoms with Crippen molar-refractivity contribution in [2.75, 3.05) is 30.9 Å². The quantitative estimate of drug-likeness (QED) is 0.364. The molecule has 3 rings (SSSR count). The molecule has 0 bridgehead atoms. The Hall–Kier alpha value is -3.80. The average molecular weight is 567 g/mol. The molecule has 0 aliphatic carbocycles. The third-order valence-corrected chi connectivity index (χ3v) is 6.65. The summed E-state index contributed by atoms with van der Waals surface area (Å²) in [7, 11) is -1.60. The van der Waals surface area contributed by atoms with Gasteiger partial charge in [-0.2, -0.15) is 0 Å². The summed E-state index contributed by atoms with van der Waals surface area (Å²) in [6.07, 6.45) is 0. The Morgan fingerprint density at radius 3 is 1.95 bits per heavy atom. The summed E-state index contributed by atoms with van der Waals surface area (Å²) in [5.74, 6) is -2.02. The zero-order valence-corrected chi connectivity index (χ0v) is 21.7. The van der Waals surface area contributed by atoms with Gasteiger partial charge in [-0.15, -0.1) is 0 Å². The zero-order valence-electron chi connectivity index (χ0n) is 19.4. The third kappa shape index (κ3) is 7.35. The van der Waals surface area contributed by atoms with E-state index < -0.39 is 34.5 Å². The maximum absolute atomic E-state index is 12.6. The van der Waals surface area contributed by atoms with Crippen LogP contribution >= 0.6 is 23.2 Å². The van der Waals surface area contributed by atoms with Crippen LogP contribution in [0.4, 0.5) is 11.4 Å². The monoisotopic (exact) mass is 566 g/mol. The second kappa shape index (κ2) is 12.0. The highest BCUT2D eigenvalue weighted by atomic mass is 35.5. The fourth-order valence-electron chi connectivity index (χ4n) is 3.01. The Kier molecular flexibility index (Phi) is 8.98. The minimum Gasteiger partial charge on any atom is -0.482 e. The number of nitrogens with one attached hydrogen (secondary N) is 2. The lowest BCUT2D eigenvalue weighted by molar-refractivity contribution is -0.118. The lowest BCUT2D eigenvalue weighted by atomic mass is 10.1. The Labute approximate surface area is 222 Å². The van der Waals surface area contributed by atoms with E-state index >= 15 is 0 Å². The van der Waals surface area contributed by atoms with Gasteiger partial charge in [-0.05, 0) is 60.7 Å². The van der Waals surface area contributed by atoms with Gasteiger partial charge in [0, 0.05) is 16.4 Å². The van der Waals surface area contributed by atoms with Crippen LogP contribution in [0.3, 0.4) is 0 Å². The lowest BCUT2D eigenvalue weighted by Crippen LogP contribution is -2.21. The van der Waals surface area contributed by atoms with Crippen molar-refractivity contribution in [1.29, 1.82) is 0 Å². The van der Waals surface area contributed by atoms with Crippen LogP contribution in [0.15, 0.2) is 65.6 Å². The molecule has 13 heteroatoms. The highest BCUT2D eigenvalue weighted by Crippen LogP contribution is 2.28. The highest BCUT2D eigenvalue weighted by Gasteiger charge is 2.18. The molecule has 0 saturated carbocycles. The van der Waals surface area contributed by atoms with E-state index in [4.69, 9.17) is 27.9 Å². The van der Waals surface area contributed by atoms with Crippen molar-refractivity contribution < 1.29 is 37.0 Å². The first-order valence-electron chi connectivity index (χ1n) is 10.3. The molecule has 194 valence electrons. The fraction of sp³-hybridized carbons (Fsp3) is 0.125. The summed E-state index contributed by atoms with van der Waals surface area (Å²) in [4.78, 5) is 36.1. The number of rotatable bonds is 9. The molecule has 0 unspecified atom stereocenters. The molecule has 0 spiro atoms. The van der Waals surface area contributed by atoms with Crippen molar-refractivity contribution in [1.82, 2.24) is 0 Å². The SMILES string of the molecule is COC(=O)c1cc(NC(=O)COc2ccc(S(=O)(=O)Nc3ccc(Cl)cc3)cc2Cl)cc(C(=O)OC)c1. The number of halogens is 2. The standard InChI is InChI=1S/C24H20Cl2N2O8S/c1-34-23(30)14-9-15(24(31)35-2)11-18(10-14)27-22(29)13-36-21-8-7-19(12-20(21)26)37(32,33)28-17-5-3-16(25)4-6-17/h3-12,28H,13H2,1-2H3,(H,27,29). The maximum atomic E-state index is 12.6. The number of sulfonamides is 1. The number of anilines is 2. The molecule has 0 atom stereocenters. The Bertz CT molecular complexity index is 1410. The van der Waals surface area contributed by atoms with Crippen LogP contribution < -0.4 is 14.8 Å². The second-order valence-electron chi connectivity index (χ2n) is 7.32. The van der Waals surface area contributed by atoms with Crippen LogP contribution in [0, 0.1) is 0 Å². The van der Waals surface area contributed by atoms with E-state index in [0.29, 0.717) is 10.7 Å². The third-order valence-electron chi connectivity index (χ3n) is 4.73. The molecule has 1 amide bonds. The largest absolute Gasteiger partial charge is 0.482 e. The Morgan fingerprint density at radius 1 is 0.811 bits per heavy atom. The van der Waals surface area contributed by atoms with Crippen LogP contribution in [-0.4, -0.2) is 47.1 Å². The molecule has 37 heavy (non-hydrogen) atoms. The van der Waals surface area contributed by atoms with Crippen molar-refractivity contribution in [2.45, 2.75) is 4.90 Å². The van der Waals surface area contributed by atoms with Gasteiger partial charge < -0.3 is 19.5 Å². The van der Waals surface area contributed by atoms with E-state index in [1.807, 2.05) is 0 Å². The molecule has 0 saturated heterocycles. The number of benzene rings is 3. The van der Waals surface area contributed by atoms with Crippen molar-refractivity contribution in [3.63, 3.8) is 0 Å². The van der Waals surface area contributed by atoms with E-state index in [2.05, 4.69) is 19.5 Å². The van der Waals surface area contributed by atoms with Gasteiger partial charge in [-0.1, -0.05) is 23.2 Å². The normalized spacial score (nSPS) is 10.8.